The molecule has 0 fully saturated rings. The van der Waals surface area contributed by atoms with E-state index < -0.39 is 30.8 Å². The number of anilines is 1. The van der Waals surface area contributed by atoms with Gasteiger partial charge in [0.15, 0.2) is 12.4 Å². The summed E-state index contributed by atoms with van der Waals surface area (Å²) in [6.07, 6.45) is 0. The fraction of sp³-hybridized carbons (Fsp3) is 0.158. The molecule has 2 aromatic rings. The maximum Gasteiger partial charge on any atom is 0.326 e. The second kappa shape index (κ2) is 6.68. The number of hydrogen-bond donors (Lipinski definition) is 0. The molecule has 6 heteroatoms. The zero-order valence-electron chi connectivity index (χ0n) is 13.5. The third-order valence-electron chi connectivity index (χ3n) is 3.90. The summed E-state index contributed by atoms with van der Waals surface area (Å²) in [4.78, 5) is 48.9. The maximum absolute atomic E-state index is 12.0. The molecule has 0 saturated carbocycles. The number of fused-ring (bicyclic) bond motifs is 1. The Morgan fingerprint density at radius 1 is 1.00 bits per heavy atom. The zero-order chi connectivity index (χ0) is 18.0. The molecule has 0 spiro atoms. The van der Waals surface area contributed by atoms with E-state index >= 15 is 0 Å². The Labute approximate surface area is 144 Å². The van der Waals surface area contributed by atoms with Crippen LogP contribution >= 0.6 is 0 Å². The van der Waals surface area contributed by atoms with Gasteiger partial charge in [-0.2, -0.15) is 0 Å². The summed E-state index contributed by atoms with van der Waals surface area (Å²) in [7, 11) is 0. The number of para-hydroxylation sites is 1. The second-order valence-corrected chi connectivity index (χ2v) is 5.69. The lowest BCUT2D eigenvalue weighted by atomic mass is 10.1. The molecule has 1 heterocycles. The molecule has 0 radical (unpaired) electrons. The Morgan fingerprint density at radius 2 is 1.68 bits per heavy atom. The molecule has 0 saturated heterocycles. The van der Waals surface area contributed by atoms with Gasteiger partial charge >= 0.3 is 5.97 Å². The van der Waals surface area contributed by atoms with Gasteiger partial charge in [-0.3, -0.25) is 24.1 Å². The molecule has 3 rings (SSSR count). The standard InChI is InChI=1S/C19H15NO5/c1-12-6-8-13(9-7-12)16(21)11-25-17(22)10-20-15-5-3-2-4-14(15)18(23)19(20)24/h2-9H,10-11H2,1H3. The molecule has 2 aromatic carbocycles. The van der Waals surface area contributed by atoms with Crippen LogP contribution in [0.2, 0.25) is 0 Å². The lowest BCUT2D eigenvalue weighted by Gasteiger charge is -2.15. The fourth-order valence-corrected chi connectivity index (χ4v) is 2.55. The molecule has 0 unspecified atom stereocenters. The predicted molar refractivity (Wildman–Crippen MR) is 89.6 cm³/mol. The van der Waals surface area contributed by atoms with Crippen molar-refractivity contribution in [1.82, 2.24) is 0 Å². The highest BCUT2D eigenvalue weighted by Gasteiger charge is 2.36. The van der Waals surface area contributed by atoms with Crippen molar-refractivity contribution in [3.8, 4) is 0 Å². The van der Waals surface area contributed by atoms with Crippen molar-refractivity contribution in [3.05, 3.63) is 65.2 Å². The minimum atomic E-state index is -0.775. The Morgan fingerprint density at radius 3 is 2.40 bits per heavy atom. The van der Waals surface area contributed by atoms with E-state index in [1.54, 1.807) is 42.5 Å². The zero-order valence-corrected chi connectivity index (χ0v) is 13.5. The molecule has 1 aliphatic rings. The van der Waals surface area contributed by atoms with Gasteiger partial charge in [0.25, 0.3) is 11.7 Å². The van der Waals surface area contributed by atoms with E-state index in [-0.39, 0.29) is 11.3 Å². The van der Waals surface area contributed by atoms with Crippen LogP contribution in [0.15, 0.2) is 48.5 Å². The van der Waals surface area contributed by atoms with Gasteiger partial charge in [0.1, 0.15) is 6.54 Å². The van der Waals surface area contributed by atoms with Gasteiger partial charge in [0, 0.05) is 5.56 Å². The van der Waals surface area contributed by atoms with Crippen molar-refractivity contribution in [3.63, 3.8) is 0 Å². The van der Waals surface area contributed by atoms with Crippen molar-refractivity contribution in [1.29, 1.82) is 0 Å². The van der Waals surface area contributed by atoms with E-state index in [1.807, 2.05) is 6.92 Å². The van der Waals surface area contributed by atoms with Crippen molar-refractivity contribution in [2.24, 2.45) is 0 Å². The molecule has 0 N–H and O–H groups in total. The second-order valence-electron chi connectivity index (χ2n) is 5.69. The Kier molecular flexibility index (Phi) is 4.43. The van der Waals surface area contributed by atoms with Gasteiger partial charge in [-0.1, -0.05) is 42.0 Å². The summed E-state index contributed by atoms with van der Waals surface area (Å²) < 4.78 is 4.96. The number of hydrogen-bond acceptors (Lipinski definition) is 5. The summed E-state index contributed by atoms with van der Waals surface area (Å²) in [6, 6.07) is 13.3. The van der Waals surface area contributed by atoms with Crippen molar-refractivity contribution in [2.75, 3.05) is 18.1 Å². The van der Waals surface area contributed by atoms with E-state index in [0.29, 0.717) is 11.3 Å². The topological polar surface area (TPSA) is 80.8 Å². The molecule has 0 aromatic heterocycles. The molecule has 6 nitrogen and oxygen atoms in total. The Bertz CT molecular complexity index is 870. The molecule has 0 bridgehead atoms. The van der Waals surface area contributed by atoms with Crippen LogP contribution in [-0.4, -0.2) is 36.6 Å². The average molecular weight is 337 g/mol. The molecule has 0 atom stereocenters. The molecule has 126 valence electrons. The molecule has 1 amide bonds. The lowest BCUT2D eigenvalue weighted by Crippen LogP contribution is -2.36. The van der Waals surface area contributed by atoms with Crippen molar-refractivity contribution < 1.29 is 23.9 Å². The minimum Gasteiger partial charge on any atom is -0.456 e. The molecule has 0 aliphatic carbocycles. The summed E-state index contributed by atoms with van der Waals surface area (Å²) in [5, 5.41) is 0. The number of ether oxygens (including phenoxy) is 1. The van der Waals surface area contributed by atoms with Crippen LogP contribution in [0.3, 0.4) is 0 Å². The number of rotatable bonds is 5. The predicted octanol–water partition coefficient (Wildman–Crippen LogP) is 1.95. The van der Waals surface area contributed by atoms with Crippen LogP contribution in [0, 0.1) is 6.92 Å². The SMILES string of the molecule is Cc1ccc(C(=O)COC(=O)CN2C(=O)C(=O)c3ccccc32)cc1. The highest BCUT2D eigenvalue weighted by molar-refractivity contribution is 6.52. The van der Waals surface area contributed by atoms with Gasteiger partial charge in [-0.05, 0) is 19.1 Å². The highest BCUT2D eigenvalue weighted by atomic mass is 16.5. The number of nitrogens with zero attached hydrogens (tertiary/aromatic N) is 1. The third kappa shape index (κ3) is 3.33. The number of Topliss-reactive ketones (excluding diaryl/α,β-unsaturated/α-hetero) is 2. The van der Waals surface area contributed by atoms with Gasteiger partial charge in [-0.15, -0.1) is 0 Å². The van der Waals surface area contributed by atoms with Gasteiger partial charge in [0.05, 0.1) is 11.3 Å². The van der Waals surface area contributed by atoms with Crippen LogP contribution < -0.4 is 4.90 Å². The number of ketones is 2. The van der Waals surface area contributed by atoms with Crippen LogP contribution in [0.25, 0.3) is 0 Å². The lowest BCUT2D eigenvalue weighted by molar-refractivity contribution is -0.141. The summed E-state index contributed by atoms with van der Waals surface area (Å²) in [5.41, 5.74) is 2.09. The van der Waals surface area contributed by atoms with Crippen LogP contribution in [0.1, 0.15) is 26.3 Å². The number of esters is 1. The summed E-state index contributed by atoms with van der Waals surface area (Å²) in [5.74, 6) is -2.52. The van der Waals surface area contributed by atoms with E-state index in [0.717, 1.165) is 10.5 Å². The normalized spacial score (nSPS) is 12.9. The molecule has 1 aliphatic heterocycles. The van der Waals surface area contributed by atoms with E-state index in [4.69, 9.17) is 4.74 Å². The van der Waals surface area contributed by atoms with Crippen LogP contribution in [0.4, 0.5) is 5.69 Å². The number of carbonyl (C=O) groups is 4. The van der Waals surface area contributed by atoms with Gasteiger partial charge in [-0.25, -0.2) is 0 Å². The first-order valence-electron chi connectivity index (χ1n) is 7.68. The fourth-order valence-electron chi connectivity index (χ4n) is 2.55. The Hall–Kier alpha value is -3.28. The van der Waals surface area contributed by atoms with Gasteiger partial charge in [0.2, 0.25) is 0 Å². The van der Waals surface area contributed by atoms with E-state index in [2.05, 4.69) is 0 Å². The van der Waals surface area contributed by atoms with Crippen LogP contribution in [0.5, 0.6) is 0 Å². The van der Waals surface area contributed by atoms with Crippen molar-refractivity contribution in [2.45, 2.75) is 6.92 Å². The first-order valence-corrected chi connectivity index (χ1v) is 7.68. The van der Waals surface area contributed by atoms with E-state index in [1.165, 1.54) is 6.07 Å². The summed E-state index contributed by atoms with van der Waals surface area (Å²) >= 11 is 0. The number of carbonyl (C=O) groups excluding carboxylic acids is 4. The quantitative estimate of drug-likeness (QED) is 0.473. The minimum absolute atomic E-state index is 0.260. The number of benzene rings is 2. The monoisotopic (exact) mass is 337 g/mol. The first kappa shape index (κ1) is 16.6. The van der Waals surface area contributed by atoms with E-state index in [9.17, 15) is 19.2 Å². The molecular weight excluding hydrogens is 322 g/mol. The highest BCUT2D eigenvalue weighted by Crippen LogP contribution is 2.28. The first-order chi connectivity index (χ1) is 12.0. The van der Waals surface area contributed by atoms with Gasteiger partial charge < -0.3 is 4.74 Å². The maximum atomic E-state index is 12.0. The molecular formula is C19H15NO5. The molecule has 25 heavy (non-hydrogen) atoms. The largest absolute Gasteiger partial charge is 0.456 e. The van der Waals surface area contributed by atoms with Crippen molar-refractivity contribution >= 4 is 29.1 Å². The number of amides is 1. The third-order valence-corrected chi connectivity index (χ3v) is 3.90. The van der Waals surface area contributed by atoms with Crippen LogP contribution in [-0.2, 0) is 14.3 Å². The smallest absolute Gasteiger partial charge is 0.326 e. The Balaban J connectivity index is 1.61. The summed E-state index contributed by atoms with van der Waals surface area (Å²) in [6.45, 7) is 1.07. The number of aryl methyl sites for hydroxylation is 1. The average Bonchev–Trinajstić information content (AvgIpc) is 2.85.